The van der Waals surface area contributed by atoms with Crippen LogP contribution in [-0.2, 0) is 0 Å². The molecule has 1 fully saturated rings. The van der Waals surface area contributed by atoms with Crippen LogP contribution in [0.5, 0.6) is 0 Å². The van der Waals surface area contributed by atoms with Crippen LogP contribution in [0.4, 0.5) is 10.9 Å². The van der Waals surface area contributed by atoms with Crippen molar-refractivity contribution in [2.75, 3.05) is 36.2 Å². The average Bonchev–Trinajstić information content (AvgIpc) is 2.86. The molecule has 1 unspecified atom stereocenters. The van der Waals surface area contributed by atoms with Gasteiger partial charge in [-0.1, -0.05) is 11.3 Å². The summed E-state index contributed by atoms with van der Waals surface area (Å²) in [5.41, 5.74) is 5.76. The Morgan fingerprint density at radius 2 is 2.35 bits per heavy atom. The maximum absolute atomic E-state index is 12.0. The summed E-state index contributed by atoms with van der Waals surface area (Å²) in [5, 5.41) is 3.76. The van der Waals surface area contributed by atoms with Crippen molar-refractivity contribution in [2.45, 2.75) is 12.5 Å². The molecule has 7 heteroatoms. The van der Waals surface area contributed by atoms with Gasteiger partial charge in [-0.05, 0) is 12.2 Å². The van der Waals surface area contributed by atoms with Gasteiger partial charge in [-0.15, -0.1) is 0 Å². The van der Waals surface area contributed by atoms with Gasteiger partial charge in [0.05, 0.1) is 0 Å². The summed E-state index contributed by atoms with van der Waals surface area (Å²) in [4.78, 5) is 18.5. The summed E-state index contributed by atoms with van der Waals surface area (Å²) in [6.07, 6.45) is 1.04. The molecule has 0 radical (unpaired) electrons. The second-order valence-electron chi connectivity index (χ2n) is 4.14. The molecule has 1 atom stereocenters. The Morgan fingerprint density at radius 3 is 2.88 bits per heavy atom. The largest absolute Gasteiger partial charge is 0.382 e. The van der Waals surface area contributed by atoms with Crippen molar-refractivity contribution in [1.82, 2.24) is 10.3 Å². The van der Waals surface area contributed by atoms with Crippen molar-refractivity contribution >= 4 is 40.0 Å². The Bertz CT molecular complexity index is 412. The summed E-state index contributed by atoms with van der Waals surface area (Å²) >= 11 is 3.20. The molecule has 0 spiro atoms. The third-order valence-corrected chi connectivity index (χ3v) is 4.90. The minimum Gasteiger partial charge on any atom is -0.382 e. The molecule has 1 aliphatic rings. The number of thiazole rings is 1. The Kier molecular flexibility index (Phi) is 3.78. The number of thioether (sulfide) groups is 1. The summed E-state index contributed by atoms with van der Waals surface area (Å²) in [6.45, 7) is 0. The molecule has 0 saturated carbocycles. The van der Waals surface area contributed by atoms with Crippen molar-refractivity contribution in [3.05, 3.63) is 4.88 Å². The number of carbonyl (C=O) groups excluding carboxylic acids is 1. The number of hydrogen-bond acceptors (Lipinski definition) is 6. The molecule has 0 aromatic carbocycles. The van der Waals surface area contributed by atoms with Gasteiger partial charge < -0.3 is 16.0 Å². The predicted molar refractivity (Wildman–Crippen MR) is 74.0 cm³/mol. The first-order chi connectivity index (χ1) is 8.08. The molecule has 94 valence electrons. The number of carbonyl (C=O) groups is 1. The summed E-state index contributed by atoms with van der Waals surface area (Å²) in [6, 6.07) is 0.275. The highest BCUT2D eigenvalue weighted by atomic mass is 32.2. The van der Waals surface area contributed by atoms with Crippen molar-refractivity contribution < 1.29 is 4.79 Å². The molecule has 0 aliphatic carbocycles. The number of aromatic nitrogens is 1. The van der Waals surface area contributed by atoms with Crippen LogP contribution in [0.2, 0.25) is 0 Å². The molecule has 1 aromatic heterocycles. The number of nitrogens with two attached hydrogens (primary N) is 1. The molecule has 1 saturated heterocycles. The fraction of sp³-hybridized carbons (Fsp3) is 0.600. The fourth-order valence-corrected chi connectivity index (χ4v) is 3.54. The van der Waals surface area contributed by atoms with Gasteiger partial charge in [-0.25, -0.2) is 4.98 Å². The molecule has 2 heterocycles. The van der Waals surface area contributed by atoms with E-state index in [4.69, 9.17) is 5.73 Å². The summed E-state index contributed by atoms with van der Waals surface area (Å²) in [5.74, 6) is 2.33. The van der Waals surface area contributed by atoms with Crippen LogP contribution in [0, 0.1) is 0 Å². The van der Waals surface area contributed by atoms with E-state index in [0.29, 0.717) is 10.7 Å². The molecule has 0 bridgehead atoms. The molecule has 1 aromatic rings. The van der Waals surface area contributed by atoms with Crippen LogP contribution < -0.4 is 16.0 Å². The zero-order chi connectivity index (χ0) is 12.4. The fourth-order valence-electron chi connectivity index (χ4n) is 1.57. The van der Waals surface area contributed by atoms with Crippen molar-refractivity contribution in [3.8, 4) is 0 Å². The molecule has 3 N–H and O–H groups in total. The lowest BCUT2D eigenvalue weighted by molar-refractivity contribution is 0.0946. The molecular weight excluding hydrogens is 256 g/mol. The minimum absolute atomic E-state index is 0.0967. The molecular formula is C10H16N4OS2. The standard InChI is InChI=1S/C10H16N4OS2/c1-14(2)10-13-8(11)7(17-10)9(15)12-6-3-4-16-5-6/h6H,3-5,11H2,1-2H3,(H,12,15). The first-order valence-electron chi connectivity index (χ1n) is 5.40. The molecule has 1 aliphatic heterocycles. The highest BCUT2D eigenvalue weighted by Gasteiger charge is 2.22. The van der Waals surface area contributed by atoms with E-state index in [1.165, 1.54) is 11.3 Å². The Balaban J connectivity index is 2.07. The van der Waals surface area contributed by atoms with Gasteiger partial charge in [0.15, 0.2) is 5.13 Å². The van der Waals surface area contributed by atoms with Gasteiger partial charge in [0, 0.05) is 25.9 Å². The Labute approximate surface area is 109 Å². The van der Waals surface area contributed by atoms with Gasteiger partial charge in [-0.3, -0.25) is 4.79 Å². The zero-order valence-electron chi connectivity index (χ0n) is 9.90. The third-order valence-electron chi connectivity index (χ3n) is 2.50. The highest BCUT2D eigenvalue weighted by Crippen LogP contribution is 2.27. The first kappa shape index (κ1) is 12.5. The Morgan fingerprint density at radius 1 is 1.59 bits per heavy atom. The van der Waals surface area contributed by atoms with Crippen molar-refractivity contribution in [3.63, 3.8) is 0 Å². The summed E-state index contributed by atoms with van der Waals surface area (Å²) in [7, 11) is 3.77. The summed E-state index contributed by atoms with van der Waals surface area (Å²) < 4.78 is 0. The van der Waals surface area contributed by atoms with Crippen molar-refractivity contribution in [1.29, 1.82) is 0 Å². The van der Waals surface area contributed by atoms with Gasteiger partial charge in [0.2, 0.25) is 0 Å². The molecule has 1 amide bonds. The van der Waals surface area contributed by atoms with Crippen LogP contribution >= 0.6 is 23.1 Å². The SMILES string of the molecule is CN(C)c1nc(N)c(C(=O)NC2CCSC2)s1. The number of amides is 1. The van der Waals surface area contributed by atoms with E-state index in [1.54, 1.807) is 0 Å². The van der Waals surface area contributed by atoms with E-state index in [-0.39, 0.29) is 11.9 Å². The van der Waals surface area contributed by atoms with E-state index >= 15 is 0 Å². The van der Waals surface area contributed by atoms with E-state index in [0.717, 1.165) is 23.1 Å². The smallest absolute Gasteiger partial charge is 0.265 e. The maximum Gasteiger partial charge on any atom is 0.265 e. The van der Waals surface area contributed by atoms with E-state index in [2.05, 4.69) is 10.3 Å². The Hall–Kier alpha value is -0.950. The number of nitrogens with zero attached hydrogens (tertiary/aromatic N) is 2. The quantitative estimate of drug-likeness (QED) is 0.860. The van der Waals surface area contributed by atoms with Crippen LogP contribution in [0.3, 0.4) is 0 Å². The lowest BCUT2D eigenvalue weighted by Gasteiger charge is -2.09. The predicted octanol–water partition coefficient (Wildman–Crippen LogP) is 1.03. The monoisotopic (exact) mass is 272 g/mol. The van der Waals surface area contributed by atoms with Crippen molar-refractivity contribution in [2.24, 2.45) is 0 Å². The maximum atomic E-state index is 12.0. The normalized spacial score (nSPS) is 19.3. The first-order valence-corrected chi connectivity index (χ1v) is 7.37. The minimum atomic E-state index is -0.0967. The van der Waals surface area contributed by atoms with Crippen LogP contribution in [0.15, 0.2) is 0 Å². The number of nitrogen functional groups attached to an aromatic ring is 1. The van der Waals surface area contributed by atoms with Gasteiger partial charge in [0.25, 0.3) is 5.91 Å². The second kappa shape index (κ2) is 5.14. The van der Waals surface area contributed by atoms with Crippen LogP contribution in [-0.4, -0.2) is 42.5 Å². The van der Waals surface area contributed by atoms with Crippen LogP contribution in [0.1, 0.15) is 16.1 Å². The van der Waals surface area contributed by atoms with E-state index in [1.807, 2.05) is 30.8 Å². The van der Waals surface area contributed by atoms with Gasteiger partial charge >= 0.3 is 0 Å². The zero-order valence-corrected chi connectivity index (χ0v) is 11.5. The van der Waals surface area contributed by atoms with Gasteiger partial charge in [-0.2, -0.15) is 11.8 Å². The lowest BCUT2D eigenvalue weighted by atomic mass is 10.2. The van der Waals surface area contributed by atoms with Gasteiger partial charge in [0.1, 0.15) is 10.7 Å². The van der Waals surface area contributed by atoms with Crippen LogP contribution in [0.25, 0.3) is 0 Å². The lowest BCUT2D eigenvalue weighted by Crippen LogP contribution is -2.34. The highest BCUT2D eigenvalue weighted by molar-refractivity contribution is 7.99. The number of hydrogen-bond donors (Lipinski definition) is 2. The number of nitrogens with one attached hydrogen (secondary N) is 1. The second-order valence-corrected chi connectivity index (χ2v) is 6.27. The third kappa shape index (κ3) is 2.84. The molecule has 17 heavy (non-hydrogen) atoms. The topological polar surface area (TPSA) is 71.2 Å². The molecule has 2 rings (SSSR count). The van der Waals surface area contributed by atoms with E-state index < -0.39 is 0 Å². The van der Waals surface area contributed by atoms with E-state index in [9.17, 15) is 4.79 Å². The molecule has 5 nitrogen and oxygen atoms in total. The number of rotatable bonds is 3. The average molecular weight is 272 g/mol. The number of anilines is 2.